The Morgan fingerprint density at radius 3 is 2.48 bits per heavy atom. The van der Waals surface area contributed by atoms with E-state index in [2.05, 4.69) is 4.98 Å². The number of carboxylic acids is 1. The third-order valence-electron chi connectivity index (χ3n) is 2.61. The van der Waals surface area contributed by atoms with Gasteiger partial charge in [-0.15, -0.1) is 0 Å². The second-order valence-electron chi connectivity index (χ2n) is 4.05. The number of carboxylic acid groups (broad SMARTS) is 1. The number of ether oxygens (including phenoxy) is 1. The summed E-state index contributed by atoms with van der Waals surface area (Å²) in [5.74, 6) is -2.08. The highest BCUT2D eigenvalue weighted by Crippen LogP contribution is 2.31. The van der Waals surface area contributed by atoms with Gasteiger partial charge in [0.2, 0.25) is 0 Å². The Hall–Kier alpha value is -2.57. The van der Waals surface area contributed by atoms with Crippen molar-refractivity contribution in [2.75, 3.05) is 6.61 Å². The van der Waals surface area contributed by atoms with Crippen LogP contribution in [0.3, 0.4) is 0 Å². The molecule has 0 spiro atoms. The predicted octanol–water partition coefficient (Wildman–Crippen LogP) is 3.23. The van der Waals surface area contributed by atoms with E-state index in [1.807, 2.05) is 0 Å². The van der Waals surface area contributed by atoms with E-state index in [0.717, 1.165) is 18.2 Å². The number of aromatic nitrogens is 1. The van der Waals surface area contributed by atoms with Crippen molar-refractivity contribution in [2.45, 2.75) is 6.43 Å². The molecule has 0 saturated carbocycles. The van der Waals surface area contributed by atoms with Crippen molar-refractivity contribution in [3.63, 3.8) is 0 Å². The first-order chi connectivity index (χ1) is 9.99. The maximum absolute atomic E-state index is 12.9. The topological polar surface area (TPSA) is 59.4 Å². The average molecular weight is 297 g/mol. The highest BCUT2D eigenvalue weighted by atomic mass is 19.3. The molecule has 7 heteroatoms. The Balaban J connectivity index is 2.50. The molecule has 0 radical (unpaired) electrons. The molecule has 1 heterocycles. The molecule has 1 aromatic carbocycles. The smallest absolute Gasteiger partial charge is 0.339 e. The number of hydrogen-bond donors (Lipinski definition) is 1. The summed E-state index contributed by atoms with van der Waals surface area (Å²) in [6.07, 6.45) is -1.54. The van der Waals surface area contributed by atoms with Gasteiger partial charge in [0.25, 0.3) is 6.43 Å². The quantitative estimate of drug-likeness (QED) is 0.920. The van der Waals surface area contributed by atoms with Crippen molar-refractivity contribution in [1.29, 1.82) is 0 Å². The zero-order chi connectivity index (χ0) is 15.4. The predicted molar refractivity (Wildman–Crippen MR) is 68.1 cm³/mol. The molecule has 0 aliphatic heterocycles. The summed E-state index contributed by atoms with van der Waals surface area (Å²) >= 11 is 0. The lowest BCUT2D eigenvalue weighted by molar-refractivity contribution is 0.0664. The van der Waals surface area contributed by atoms with Gasteiger partial charge in [-0.05, 0) is 30.3 Å². The highest BCUT2D eigenvalue weighted by molar-refractivity contribution is 5.93. The van der Waals surface area contributed by atoms with Crippen LogP contribution in [-0.4, -0.2) is 29.1 Å². The van der Waals surface area contributed by atoms with Crippen LogP contribution in [-0.2, 0) is 0 Å². The fraction of sp³-hybridized carbons (Fsp3) is 0.143. The molecule has 0 unspecified atom stereocenters. The summed E-state index contributed by atoms with van der Waals surface area (Å²) in [7, 11) is 0. The van der Waals surface area contributed by atoms with Crippen molar-refractivity contribution < 1.29 is 27.8 Å². The second kappa shape index (κ2) is 6.25. The summed E-state index contributed by atoms with van der Waals surface area (Å²) < 4.78 is 42.4. The van der Waals surface area contributed by atoms with Gasteiger partial charge in [0.15, 0.2) is 5.75 Å². The Kier molecular flexibility index (Phi) is 4.42. The number of benzene rings is 1. The number of carbonyl (C=O) groups is 1. The molecule has 0 saturated heterocycles. The van der Waals surface area contributed by atoms with Crippen molar-refractivity contribution in [3.05, 3.63) is 47.9 Å². The van der Waals surface area contributed by atoms with Crippen LogP contribution in [0, 0.1) is 5.82 Å². The molecule has 0 atom stereocenters. The molecule has 1 aromatic heterocycles. The lowest BCUT2D eigenvalue weighted by Crippen LogP contribution is -2.11. The van der Waals surface area contributed by atoms with Crippen molar-refractivity contribution in [1.82, 2.24) is 4.98 Å². The molecule has 0 fully saturated rings. The second-order valence-corrected chi connectivity index (χ2v) is 4.05. The van der Waals surface area contributed by atoms with E-state index in [1.54, 1.807) is 0 Å². The molecule has 0 amide bonds. The monoisotopic (exact) mass is 297 g/mol. The molecule has 4 nitrogen and oxygen atoms in total. The fourth-order valence-electron chi connectivity index (χ4n) is 1.72. The van der Waals surface area contributed by atoms with Crippen LogP contribution in [0.15, 0.2) is 36.5 Å². The van der Waals surface area contributed by atoms with Gasteiger partial charge in [-0.1, -0.05) is 0 Å². The number of rotatable bonds is 5. The van der Waals surface area contributed by atoms with Crippen molar-refractivity contribution >= 4 is 5.97 Å². The number of halogens is 3. The van der Waals surface area contributed by atoms with Gasteiger partial charge in [0.1, 0.15) is 23.7 Å². The lowest BCUT2D eigenvalue weighted by atomic mass is 10.1. The summed E-state index contributed by atoms with van der Waals surface area (Å²) in [4.78, 5) is 15.1. The third kappa shape index (κ3) is 3.50. The number of pyridine rings is 1. The summed E-state index contributed by atoms with van der Waals surface area (Å²) in [5, 5.41) is 9.09. The van der Waals surface area contributed by atoms with E-state index in [1.165, 1.54) is 18.3 Å². The van der Waals surface area contributed by atoms with Crippen LogP contribution in [0.4, 0.5) is 13.2 Å². The zero-order valence-corrected chi connectivity index (χ0v) is 10.6. The minimum atomic E-state index is -2.76. The molecule has 0 aliphatic carbocycles. The summed E-state index contributed by atoms with van der Waals surface area (Å²) in [6, 6.07) is 6.18. The minimum absolute atomic E-state index is 0.0653. The first-order valence-corrected chi connectivity index (χ1v) is 5.88. The number of hydrogen-bond acceptors (Lipinski definition) is 3. The van der Waals surface area contributed by atoms with Gasteiger partial charge < -0.3 is 9.84 Å². The molecule has 2 rings (SSSR count). The van der Waals surface area contributed by atoms with E-state index in [4.69, 9.17) is 9.84 Å². The van der Waals surface area contributed by atoms with Gasteiger partial charge in [-0.25, -0.2) is 18.0 Å². The van der Waals surface area contributed by atoms with Gasteiger partial charge in [-0.2, -0.15) is 0 Å². The van der Waals surface area contributed by atoms with E-state index < -0.39 is 24.8 Å². The van der Waals surface area contributed by atoms with Crippen LogP contribution in [0.2, 0.25) is 0 Å². The average Bonchev–Trinajstić information content (AvgIpc) is 2.45. The largest absolute Gasteiger partial charge is 0.484 e. The minimum Gasteiger partial charge on any atom is -0.484 e. The normalized spacial score (nSPS) is 10.7. The van der Waals surface area contributed by atoms with Gasteiger partial charge in [-0.3, -0.25) is 4.98 Å². The third-order valence-corrected chi connectivity index (χ3v) is 2.61. The maximum Gasteiger partial charge on any atom is 0.339 e. The molecule has 0 aliphatic rings. The Morgan fingerprint density at radius 1 is 1.24 bits per heavy atom. The zero-order valence-electron chi connectivity index (χ0n) is 10.6. The summed E-state index contributed by atoms with van der Waals surface area (Å²) in [5.41, 5.74) is 0.143. The van der Waals surface area contributed by atoms with Crippen LogP contribution in [0.25, 0.3) is 11.3 Å². The number of nitrogens with zero attached hydrogens (tertiary/aromatic N) is 1. The van der Waals surface area contributed by atoms with E-state index in [9.17, 15) is 18.0 Å². The van der Waals surface area contributed by atoms with E-state index in [0.29, 0.717) is 5.56 Å². The highest BCUT2D eigenvalue weighted by Gasteiger charge is 2.19. The fourth-order valence-corrected chi connectivity index (χ4v) is 1.72. The summed E-state index contributed by atoms with van der Waals surface area (Å²) in [6.45, 7) is -0.958. The molecule has 110 valence electrons. The number of aromatic carboxylic acids is 1. The Morgan fingerprint density at radius 2 is 1.90 bits per heavy atom. The molecule has 21 heavy (non-hydrogen) atoms. The van der Waals surface area contributed by atoms with Crippen molar-refractivity contribution in [3.8, 4) is 17.0 Å². The molecular weight excluding hydrogens is 287 g/mol. The van der Waals surface area contributed by atoms with Gasteiger partial charge in [0.05, 0.1) is 0 Å². The van der Waals surface area contributed by atoms with Gasteiger partial charge >= 0.3 is 5.97 Å². The van der Waals surface area contributed by atoms with E-state index in [-0.39, 0.29) is 17.0 Å². The Bertz CT molecular complexity index is 644. The molecular formula is C14H10F3NO3. The van der Waals surface area contributed by atoms with Crippen LogP contribution in [0.5, 0.6) is 5.75 Å². The van der Waals surface area contributed by atoms with Crippen LogP contribution >= 0.6 is 0 Å². The molecule has 0 bridgehead atoms. The number of alkyl halides is 2. The van der Waals surface area contributed by atoms with Crippen LogP contribution < -0.4 is 4.74 Å². The Labute approximate surface area is 117 Å². The standard InChI is InChI=1S/C14H10F3NO3/c15-9-3-1-8(2-4-9)12-13(21-7-11(16)17)10(14(19)20)5-6-18-12/h1-6,11H,7H2,(H,19,20). The molecule has 1 N–H and O–H groups in total. The first-order valence-electron chi connectivity index (χ1n) is 5.88. The van der Waals surface area contributed by atoms with Gasteiger partial charge in [0, 0.05) is 11.8 Å². The van der Waals surface area contributed by atoms with Crippen LogP contribution in [0.1, 0.15) is 10.4 Å². The van der Waals surface area contributed by atoms with Crippen molar-refractivity contribution in [2.24, 2.45) is 0 Å². The molecule has 2 aromatic rings. The maximum atomic E-state index is 12.9. The SMILES string of the molecule is O=C(O)c1ccnc(-c2ccc(F)cc2)c1OCC(F)F. The van der Waals surface area contributed by atoms with E-state index >= 15 is 0 Å². The first kappa shape index (κ1) is 14.8. The lowest BCUT2D eigenvalue weighted by Gasteiger charge is -2.13.